The number of rotatable bonds is 5. The van der Waals surface area contributed by atoms with Gasteiger partial charge in [0.15, 0.2) is 5.65 Å². The first-order valence-electron chi connectivity index (χ1n) is 9.74. The molecule has 0 fully saturated rings. The Hall–Kier alpha value is -2.76. The van der Waals surface area contributed by atoms with E-state index in [0.29, 0.717) is 0 Å². The largest absolute Gasteiger partial charge is 0.288 e. The van der Waals surface area contributed by atoms with Crippen molar-refractivity contribution in [3.05, 3.63) is 47.1 Å². The molecule has 0 aliphatic rings. The minimum atomic E-state index is 0.867. The molecule has 0 atom stereocenters. The van der Waals surface area contributed by atoms with Crippen LogP contribution in [-0.2, 0) is 12.8 Å². The number of imidazole rings is 2. The highest BCUT2D eigenvalue weighted by atomic mass is 15.2. The highest BCUT2D eigenvalue weighted by Gasteiger charge is 2.16. The molecule has 0 N–H and O–H groups in total. The van der Waals surface area contributed by atoms with Crippen LogP contribution in [0.25, 0.3) is 22.5 Å². The van der Waals surface area contributed by atoms with E-state index in [1.54, 1.807) is 0 Å². The Morgan fingerprint density at radius 2 is 1.52 bits per heavy atom. The van der Waals surface area contributed by atoms with Crippen molar-refractivity contribution in [2.24, 2.45) is 0 Å². The molecule has 0 radical (unpaired) electrons. The van der Waals surface area contributed by atoms with Crippen LogP contribution in [0.15, 0.2) is 18.3 Å². The predicted molar refractivity (Wildman–Crippen MR) is 108 cm³/mol. The minimum absolute atomic E-state index is 0.867. The van der Waals surface area contributed by atoms with Gasteiger partial charge in [-0.15, -0.1) is 0 Å². The van der Waals surface area contributed by atoms with Crippen LogP contribution in [-0.4, -0.2) is 28.9 Å². The van der Waals surface area contributed by atoms with Gasteiger partial charge < -0.3 is 0 Å². The molecule has 4 heterocycles. The number of pyridine rings is 1. The summed E-state index contributed by atoms with van der Waals surface area (Å²) in [6.07, 6.45) is 6.01. The summed E-state index contributed by atoms with van der Waals surface area (Å²) in [5.74, 6) is 2.99. The summed E-state index contributed by atoms with van der Waals surface area (Å²) >= 11 is 0. The van der Waals surface area contributed by atoms with E-state index in [0.717, 1.165) is 76.9 Å². The molecule has 140 valence electrons. The Morgan fingerprint density at radius 1 is 0.815 bits per heavy atom. The van der Waals surface area contributed by atoms with Crippen molar-refractivity contribution in [2.45, 2.75) is 60.3 Å². The van der Waals surface area contributed by atoms with Crippen LogP contribution < -0.4 is 0 Å². The highest BCUT2D eigenvalue weighted by Crippen LogP contribution is 2.24. The van der Waals surface area contributed by atoms with E-state index in [-0.39, 0.29) is 0 Å². The standard InChI is InChI=1S/C21H26N6/c1-6-8-17-22-13(3)12-26(17)18-11-10-16-21(25-18)27-19(9-7-2)24-15(5)20(27)14(4)23-16/h10-12H,6-9H2,1-5H3. The van der Waals surface area contributed by atoms with E-state index in [1.165, 1.54) is 0 Å². The Kier molecular flexibility index (Phi) is 4.42. The van der Waals surface area contributed by atoms with Crippen LogP contribution in [0.4, 0.5) is 0 Å². The van der Waals surface area contributed by atoms with E-state index < -0.39 is 0 Å². The van der Waals surface area contributed by atoms with Gasteiger partial charge in [0.2, 0.25) is 0 Å². The SMILES string of the molecule is CCCc1nc(C)cn1-c1ccc2nc(C)c3c(C)nc(CCC)n3c2n1. The lowest BCUT2D eigenvalue weighted by Crippen LogP contribution is -2.06. The molecular weight excluding hydrogens is 336 g/mol. The van der Waals surface area contributed by atoms with Crippen LogP contribution in [0, 0.1) is 20.8 Å². The lowest BCUT2D eigenvalue weighted by Gasteiger charge is -2.11. The van der Waals surface area contributed by atoms with Gasteiger partial charge in [-0.3, -0.25) is 8.97 Å². The number of aryl methyl sites for hydroxylation is 5. The summed E-state index contributed by atoms with van der Waals surface area (Å²) in [6.45, 7) is 10.5. The van der Waals surface area contributed by atoms with Crippen molar-refractivity contribution in [1.29, 1.82) is 0 Å². The van der Waals surface area contributed by atoms with Gasteiger partial charge in [-0.1, -0.05) is 13.8 Å². The molecule has 0 aliphatic carbocycles. The van der Waals surface area contributed by atoms with Crippen molar-refractivity contribution < 1.29 is 0 Å². The number of nitrogens with zero attached hydrogens (tertiary/aromatic N) is 6. The van der Waals surface area contributed by atoms with Gasteiger partial charge in [0.05, 0.1) is 22.6 Å². The van der Waals surface area contributed by atoms with Gasteiger partial charge in [0, 0.05) is 19.0 Å². The normalized spacial score (nSPS) is 11.7. The fraction of sp³-hybridized carbons (Fsp3) is 0.429. The lowest BCUT2D eigenvalue weighted by molar-refractivity contribution is 0.796. The van der Waals surface area contributed by atoms with Crippen molar-refractivity contribution in [3.63, 3.8) is 0 Å². The van der Waals surface area contributed by atoms with E-state index in [9.17, 15) is 0 Å². The van der Waals surface area contributed by atoms with E-state index in [1.807, 2.05) is 19.9 Å². The summed E-state index contributed by atoms with van der Waals surface area (Å²) < 4.78 is 4.30. The van der Waals surface area contributed by atoms with Crippen LogP contribution in [0.1, 0.15) is 55.4 Å². The maximum Gasteiger partial charge on any atom is 0.167 e. The molecule has 0 aliphatic heterocycles. The van der Waals surface area contributed by atoms with Gasteiger partial charge in [0.1, 0.15) is 23.0 Å². The molecule has 0 aromatic carbocycles. The molecule has 27 heavy (non-hydrogen) atoms. The first-order chi connectivity index (χ1) is 13.0. The third-order valence-electron chi connectivity index (χ3n) is 4.90. The maximum absolute atomic E-state index is 5.01. The van der Waals surface area contributed by atoms with Gasteiger partial charge in [-0.2, -0.15) is 0 Å². The first kappa shape index (κ1) is 17.6. The molecule has 6 nitrogen and oxygen atoms in total. The second-order valence-corrected chi connectivity index (χ2v) is 7.18. The monoisotopic (exact) mass is 362 g/mol. The van der Waals surface area contributed by atoms with Crippen LogP contribution in [0.3, 0.4) is 0 Å². The summed E-state index contributed by atoms with van der Waals surface area (Å²) in [7, 11) is 0. The number of hydrogen-bond acceptors (Lipinski definition) is 4. The summed E-state index contributed by atoms with van der Waals surface area (Å²) in [5, 5.41) is 0. The Bertz CT molecular complexity index is 1130. The zero-order valence-corrected chi connectivity index (χ0v) is 16.7. The Labute approximate surface area is 159 Å². The molecule has 4 rings (SSSR count). The Morgan fingerprint density at radius 3 is 2.26 bits per heavy atom. The fourth-order valence-electron chi connectivity index (χ4n) is 3.83. The van der Waals surface area contributed by atoms with Crippen molar-refractivity contribution in [3.8, 4) is 5.82 Å². The number of hydrogen-bond donors (Lipinski definition) is 0. The summed E-state index contributed by atoms with van der Waals surface area (Å²) in [5.41, 5.74) is 5.86. The van der Waals surface area contributed by atoms with E-state index >= 15 is 0 Å². The van der Waals surface area contributed by atoms with Gasteiger partial charge in [-0.05, 0) is 45.7 Å². The average molecular weight is 362 g/mol. The summed E-state index contributed by atoms with van der Waals surface area (Å²) in [4.78, 5) is 19.3. The van der Waals surface area contributed by atoms with E-state index in [2.05, 4.69) is 47.0 Å². The van der Waals surface area contributed by atoms with Crippen LogP contribution in [0.2, 0.25) is 0 Å². The molecule has 0 bridgehead atoms. The summed E-state index contributed by atoms with van der Waals surface area (Å²) in [6, 6.07) is 4.09. The molecule has 0 saturated heterocycles. The van der Waals surface area contributed by atoms with E-state index in [4.69, 9.17) is 15.0 Å². The smallest absolute Gasteiger partial charge is 0.167 e. The fourth-order valence-corrected chi connectivity index (χ4v) is 3.83. The minimum Gasteiger partial charge on any atom is -0.288 e. The number of aromatic nitrogens is 6. The number of fused-ring (bicyclic) bond motifs is 3. The van der Waals surface area contributed by atoms with Gasteiger partial charge in [0.25, 0.3) is 0 Å². The molecule has 0 amide bonds. The zero-order chi connectivity index (χ0) is 19.1. The van der Waals surface area contributed by atoms with Gasteiger partial charge >= 0.3 is 0 Å². The van der Waals surface area contributed by atoms with Crippen molar-refractivity contribution >= 4 is 16.7 Å². The maximum atomic E-state index is 5.01. The Balaban J connectivity index is 2.01. The highest BCUT2D eigenvalue weighted by molar-refractivity contribution is 5.78. The molecule has 4 aromatic rings. The van der Waals surface area contributed by atoms with Crippen molar-refractivity contribution in [1.82, 2.24) is 28.9 Å². The quantitative estimate of drug-likeness (QED) is 0.531. The van der Waals surface area contributed by atoms with Gasteiger partial charge in [-0.25, -0.2) is 19.9 Å². The molecule has 6 heteroatoms. The topological polar surface area (TPSA) is 60.9 Å². The molecule has 0 spiro atoms. The first-order valence-corrected chi connectivity index (χ1v) is 9.74. The zero-order valence-electron chi connectivity index (χ0n) is 16.7. The lowest BCUT2D eigenvalue weighted by atomic mass is 10.3. The van der Waals surface area contributed by atoms with Crippen LogP contribution in [0.5, 0.6) is 0 Å². The second kappa shape index (κ2) is 6.76. The molecular formula is C21H26N6. The average Bonchev–Trinajstić information content (AvgIpc) is 3.16. The molecule has 4 aromatic heterocycles. The predicted octanol–water partition coefficient (Wildman–Crippen LogP) is 4.29. The van der Waals surface area contributed by atoms with Crippen LogP contribution >= 0.6 is 0 Å². The second-order valence-electron chi connectivity index (χ2n) is 7.18. The third kappa shape index (κ3) is 2.89. The molecule has 0 saturated carbocycles. The third-order valence-corrected chi connectivity index (χ3v) is 4.90. The van der Waals surface area contributed by atoms with Crippen molar-refractivity contribution in [2.75, 3.05) is 0 Å². The molecule has 0 unspecified atom stereocenters.